The minimum absolute atomic E-state index is 0.0614. The molecule has 0 aliphatic rings. The highest BCUT2D eigenvalue weighted by Crippen LogP contribution is 2.40. The van der Waals surface area contributed by atoms with Gasteiger partial charge in [0.2, 0.25) is 11.7 Å². The van der Waals surface area contributed by atoms with E-state index in [0.717, 1.165) is 12.1 Å². The molecule has 0 amide bonds. The van der Waals surface area contributed by atoms with Crippen LogP contribution in [0.4, 0.5) is 31.9 Å². The summed E-state index contributed by atoms with van der Waals surface area (Å²) >= 11 is 0. The Morgan fingerprint density at radius 2 is 1.57 bits per heavy atom. The number of halogens is 2. The van der Waals surface area contributed by atoms with Crippen LogP contribution < -0.4 is 24.8 Å². The van der Waals surface area contributed by atoms with Crippen molar-refractivity contribution in [2.75, 3.05) is 32.0 Å². The van der Waals surface area contributed by atoms with Crippen molar-refractivity contribution in [3.05, 3.63) is 54.2 Å². The topological polar surface area (TPSA) is 77.5 Å². The Labute approximate surface area is 160 Å². The molecule has 2 aromatic carbocycles. The molecule has 0 atom stereocenters. The van der Waals surface area contributed by atoms with Crippen LogP contribution in [0.1, 0.15) is 0 Å². The summed E-state index contributed by atoms with van der Waals surface area (Å²) in [5.41, 5.74) is 0.693. The molecule has 0 aliphatic heterocycles. The van der Waals surface area contributed by atoms with Crippen LogP contribution in [0.5, 0.6) is 17.2 Å². The van der Waals surface area contributed by atoms with E-state index in [9.17, 15) is 8.78 Å². The zero-order chi connectivity index (χ0) is 20.1. The first-order valence-electron chi connectivity index (χ1n) is 8.16. The molecule has 7 nitrogen and oxygen atoms in total. The van der Waals surface area contributed by atoms with Gasteiger partial charge in [0.1, 0.15) is 17.5 Å². The third-order valence-electron chi connectivity index (χ3n) is 3.77. The average Bonchev–Trinajstić information content (AvgIpc) is 2.69. The zero-order valence-electron chi connectivity index (χ0n) is 15.4. The van der Waals surface area contributed by atoms with Gasteiger partial charge in [-0.2, -0.15) is 4.98 Å². The van der Waals surface area contributed by atoms with Crippen LogP contribution in [0.3, 0.4) is 0 Å². The fourth-order valence-corrected chi connectivity index (χ4v) is 2.50. The van der Waals surface area contributed by atoms with Gasteiger partial charge >= 0.3 is 0 Å². The van der Waals surface area contributed by atoms with E-state index in [0.29, 0.717) is 28.8 Å². The number of nitrogens with zero attached hydrogens (tertiary/aromatic N) is 2. The number of nitrogens with one attached hydrogen (secondary N) is 2. The molecule has 1 heterocycles. The number of benzene rings is 2. The Kier molecular flexibility index (Phi) is 5.73. The van der Waals surface area contributed by atoms with E-state index < -0.39 is 11.6 Å². The molecule has 0 saturated carbocycles. The minimum atomic E-state index is -0.744. The molecule has 0 fully saturated rings. The van der Waals surface area contributed by atoms with E-state index in [1.54, 1.807) is 18.2 Å². The highest BCUT2D eigenvalue weighted by atomic mass is 19.1. The van der Waals surface area contributed by atoms with Gasteiger partial charge in [-0.25, -0.2) is 13.8 Å². The molecule has 9 heteroatoms. The predicted octanol–water partition coefficient (Wildman–Crippen LogP) is 4.27. The van der Waals surface area contributed by atoms with Crippen molar-refractivity contribution < 1.29 is 23.0 Å². The molecule has 0 unspecified atom stereocenters. The fraction of sp³-hybridized carbons (Fsp3) is 0.158. The summed E-state index contributed by atoms with van der Waals surface area (Å²) in [6.45, 7) is 0. The molecule has 146 valence electrons. The SMILES string of the molecule is COc1cc(Nc2ccnc(Nc3ccc(F)cc3F)n2)cc(OC)c1OC. The molecular weight excluding hydrogens is 370 g/mol. The van der Waals surface area contributed by atoms with Gasteiger partial charge in [-0.1, -0.05) is 0 Å². The van der Waals surface area contributed by atoms with E-state index >= 15 is 0 Å². The summed E-state index contributed by atoms with van der Waals surface area (Å²) in [5, 5.41) is 5.81. The lowest BCUT2D eigenvalue weighted by molar-refractivity contribution is 0.324. The van der Waals surface area contributed by atoms with E-state index in [1.807, 2.05) is 0 Å². The van der Waals surface area contributed by atoms with Crippen LogP contribution in [-0.4, -0.2) is 31.3 Å². The number of hydrogen-bond acceptors (Lipinski definition) is 7. The summed E-state index contributed by atoms with van der Waals surface area (Å²) in [5.74, 6) is 0.591. The number of hydrogen-bond donors (Lipinski definition) is 2. The molecular formula is C19H18F2N4O3. The fourth-order valence-electron chi connectivity index (χ4n) is 2.50. The maximum Gasteiger partial charge on any atom is 0.229 e. The average molecular weight is 388 g/mol. The van der Waals surface area contributed by atoms with Gasteiger partial charge in [0.25, 0.3) is 0 Å². The first-order chi connectivity index (χ1) is 13.5. The van der Waals surface area contributed by atoms with Crippen LogP contribution in [0.2, 0.25) is 0 Å². The van der Waals surface area contributed by atoms with Gasteiger partial charge in [-0.15, -0.1) is 0 Å². The molecule has 28 heavy (non-hydrogen) atoms. The first-order valence-corrected chi connectivity index (χ1v) is 8.16. The van der Waals surface area contributed by atoms with Crippen LogP contribution in [-0.2, 0) is 0 Å². The lowest BCUT2D eigenvalue weighted by Crippen LogP contribution is -2.02. The van der Waals surface area contributed by atoms with Gasteiger partial charge in [-0.05, 0) is 18.2 Å². The van der Waals surface area contributed by atoms with Crippen LogP contribution >= 0.6 is 0 Å². The number of rotatable bonds is 7. The summed E-state index contributed by atoms with van der Waals surface area (Å²) in [7, 11) is 4.56. The van der Waals surface area contributed by atoms with Crippen molar-refractivity contribution in [2.45, 2.75) is 0 Å². The molecule has 3 rings (SSSR count). The lowest BCUT2D eigenvalue weighted by atomic mass is 10.2. The van der Waals surface area contributed by atoms with Crippen molar-refractivity contribution in [3.63, 3.8) is 0 Å². The first kappa shape index (κ1) is 19.2. The molecule has 0 radical (unpaired) electrons. The number of methoxy groups -OCH3 is 3. The lowest BCUT2D eigenvalue weighted by Gasteiger charge is -2.15. The van der Waals surface area contributed by atoms with Crippen molar-refractivity contribution >= 4 is 23.1 Å². The monoisotopic (exact) mass is 388 g/mol. The Hall–Kier alpha value is -3.62. The number of aromatic nitrogens is 2. The maximum absolute atomic E-state index is 13.8. The van der Waals surface area contributed by atoms with E-state index in [2.05, 4.69) is 20.6 Å². The van der Waals surface area contributed by atoms with Gasteiger partial charge in [0.15, 0.2) is 11.5 Å². The van der Waals surface area contributed by atoms with Crippen LogP contribution in [0, 0.1) is 11.6 Å². The van der Waals surface area contributed by atoms with Crippen LogP contribution in [0.15, 0.2) is 42.6 Å². The molecule has 2 N–H and O–H groups in total. The van der Waals surface area contributed by atoms with Gasteiger partial charge in [0.05, 0.1) is 27.0 Å². The second-order valence-electron chi connectivity index (χ2n) is 5.55. The predicted molar refractivity (Wildman–Crippen MR) is 101 cm³/mol. The van der Waals surface area contributed by atoms with E-state index in [4.69, 9.17) is 14.2 Å². The summed E-state index contributed by atoms with van der Waals surface area (Å²) in [6.07, 6.45) is 1.50. The Morgan fingerprint density at radius 1 is 0.857 bits per heavy atom. The molecule has 0 aliphatic carbocycles. The van der Waals surface area contributed by atoms with Gasteiger partial charge < -0.3 is 24.8 Å². The standard InChI is InChI=1S/C19H18F2N4O3/c1-26-15-9-12(10-16(27-2)18(15)28-3)23-17-6-7-22-19(25-17)24-14-5-4-11(20)8-13(14)21/h4-10H,1-3H3,(H2,22,23,24,25). The van der Waals surface area contributed by atoms with Gasteiger partial charge in [0, 0.05) is 30.1 Å². The molecule has 0 saturated heterocycles. The minimum Gasteiger partial charge on any atom is -0.493 e. The smallest absolute Gasteiger partial charge is 0.229 e. The zero-order valence-corrected chi connectivity index (χ0v) is 15.4. The summed E-state index contributed by atoms with van der Waals surface area (Å²) < 4.78 is 42.8. The third kappa shape index (κ3) is 4.20. The van der Waals surface area contributed by atoms with Crippen molar-refractivity contribution in [3.8, 4) is 17.2 Å². The Morgan fingerprint density at radius 3 is 2.18 bits per heavy atom. The Balaban J connectivity index is 1.85. The highest BCUT2D eigenvalue weighted by molar-refractivity contribution is 5.67. The second-order valence-corrected chi connectivity index (χ2v) is 5.55. The van der Waals surface area contributed by atoms with Crippen LogP contribution in [0.25, 0.3) is 0 Å². The van der Waals surface area contributed by atoms with E-state index in [1.165, 1.54) is 33.6 Å². The molecule has 0 spiro atoms. The normalized spacial score (nSPS) is 10.3. The van der Waals surface area contributed by atoms with Crippen molar-refractivity contribution in [1.82, 2.24) is 9.97 Å². The summed E-state index contributed by atoms with van der Waals surface area (Å²) in [4.78, 5) is 8.32. The quantitative estimate of drug-likeness (QED) is 0.626. The molecule has 3 aromatic rings. The third-order valence-corrected chi connectivity index (χ3v) is 3.77. The number of ether oxygens (including phenoxy) is 3. The highest BCUT2D eigenvalue weighted by Gasteiger charge is 2.14. The van der Waals surface area contributed by atoms with Crippen molar-refractivity contribution in [1.29, 1.82) is 0 Å². The van der Waals surface area contributed by atoms with E-state index in [-0.39, 0.29) is 11.6 Å². The van der Waals surface area contributed by atoms with Gasteiger partial charge in [-0.3, -0.25) is 0 Å². The molecule has 0 bridgehead atoms. The molecule has 1 aromatic heterocycles. The second kappa shape index (κ2) is 8.38. The van der Waals surface area contributed by atoms with Crippen molar-refractivity contribution in [2.24, 2.45) is 0 Å². The maximum atomic E-state index is 13.8. The number of anilines is 4. The summed E-state index contributed by atoms with van der Waals surface area (Å²) in [6, 6.07) is 8.26. The largest absolute Gasteiger partial charge is 0.493 e. The Bertz CT molecular complexity index is 960.